The van der Waals surface area contributed by atoms with Gasteiger partial charge in [-0.05, 0) is 37.1 Å². The zero-order chi connectivity index (χ0) is 19.9. The zero-order valence-corrected chi connectivity index (χ0v) is 16.8. The first-order valence-corrected chi connectivity index (χ1v) is 11.3. The van der Waals surface area contributed by atoms with Crippen LogP contribution in [0.1, 0.15) is 51.9 Å². The highest BCUT2D eigenvalue weighted by molar-refractivity contribution is 7.92. The molecule has 0 aromatic heterocycles. The molecule has 0 unspecified atom stereocenters. The van der Waals surface area contributed by atoms with E-state index in [-0.39, 0.29) is 30.8 Å². The van der Waals surface area contributed by atoms with Gasteiger partial charge in [0.25, 0.3) is 0 Å². The molecule has 2 N–H and O–H groups in total. The van der Waals surface area contributed by atoms with E-state index in [1.54, 1.807) is 24.3 Å². The molecule has 2 amide bonds. The molecule has 1 aliphatic carbocycles. The van der Waals surface area contributed by atoms with Crippen molar-refractivity contribution in [1.29, 1.82) is 0 Å². The molecule has 0 spiro atoms. The fraction of sp³-hybridized carbons (Fsp3) is 0.579. The maximum atomic E-state index is 12.3. The number of carbonyl (C=O) groups is 2. The minimum atomic E-state index is -3.52. The molecule has 2 rings (SSSR count). The van der Waals surface area contributed by atoms with E-state index < -0.39 is 10.0 Å². The van der Waals surface area contributed by atoms with E-state index in [9.17, 15) is 18.0 Å². The molecule has 1 aliphatic rings. The third-order valence-corrected chi connectivity index (χ3v) is 5.83. The highest BCUT2D eigenvalue weighted by atomic mass is 32.2. The van der Waals surface area contributed by atoms with Gasteiger partial charge in [-0.25, -0.2) is 8.42 Å². The number of benzene rings is 1. The lowest BCUT2D eigenvalue weighted by Crippen LogP contribution is -2.38. The Morgan fingerprint density at radius 1 is 1.07 bits per heavy atom. The highest BCUT2D eigenvalue weighted by Gasteiger charge is 2.20. The Labute approximate surface area is 161 Å². The van der Waals surface area contributed by atoms with E-state index in [0.717, 1.165) is 31.9 Å². The monoisotopic (exact) mass is 395 g/mol. The Morgan fingerprint density at radius 3 is 2.19 bits per heavy atom. The minimum Gasteiger partial charge on any atom is -0.353 e. The molecule has 1 fully saturated rings. The molecule has 0 saturated heterocycles. The Bertz CT molecular complexity index is 739. The number of nitrogens with one attached hydrogen (secondary N) is 2. The van der Waals surface area contributed by atoms with Gasteiger partial charge in [0.15, 0.2) is 0 Å². The van der Waals surface area contributed by atoms with Crippen molar-refractivity contribution in [2.24, 2.45) is 0 Å². The lowest BCUT2D eigenvalue weighted by Gasteiger charge is -2.23. The van der Waals surface area contributed by atoms with Gasteiger partial charge < -0.3 is 10.6 Å². The van der Waals surface area contributed by atoms with E-state index in [0.29, 0.717) is 11.4 Å². The summed E-state index contributed by atoms with van der Waals surface area (Å²) in [6.07, 6.45) is 7.89. The van der Waals surface area contributed by atoms with Crippen LogP contribution in [-0.2, 0) is 19.6 Å². The summed E-state index contributed by atoms with van der Waals surface area (Å²) in [5, 5.41) is 5.68. The number of hydrogen-bond acceptors (Lipinski definition) is 4. The van der Waals surface area contributed by atoms with Crippen LogP contribution >= 0.6 is 0 Å². The lowest BCUT2D eigenvalue weighted by atomic mass is 10.1. The summed E-state index contributed by atoms with van der Waals surface area (Å²) >= 11 is 0. The van der Waals surface area contributed by atoms with Gasteiger partial charge in [0.2, 0.25) is 21.8 Å². The molecule has 1 aromatic rings. The lowest BCUT2D eigenvalue weighted by molar-refractivity contribution is -0.121. The fourth-order valence-electron chi connectivity index (χ4n) is 3.33. The number of hydrogen-bond donors (Lipinski definition) is 2. The Kier molecular flexibility index (Phi) is 7.65. The number of carbonyl (C=O) groups excluding carboxylic acids is 2. The van der Waals surface area contributed by atoms with Crippen LogP contribution < -0.4 is 14.9 Å². The molecule has 0 bridgehead atoms. The molecule has 0 heterocycles. The fourth-order valence-corrected chi connectivity index (χ4v) is 4.25. The summed E-state index contributed by atoms with van der Waals surface area (Å²) in [7, 11) is -3.52. The van der Waals surface area contributed by atoms with Crippen molar-refractivity contribution < 1.29 is 18.0 Å². The summed E-state index contributed by atoms with van der Waals surface area (Å²) in [6.45, 7) is 1.49. The molecule has 1 aromatic carbocycles. The zero-order valence-electron chi connectivity index (χ0n) is 16.0. The van der Waals surface area contributed by atoms with Crippen molar-refractivity contribution in [1.82, 2.24) is 5.32 Å². The Morgan fingerprint density at radius 2 is 1.67 bits per heavy atom. The van der Waals surface area contributed by atoms with E-state index in [4.69, 9.17) is 0 Å². The number of amides is 2. The maximum Gasteiger partial charge on any atom is 0.232 e. The quantitative estimate of drug-likeness (QED) is 0.694. The van der Waals surface area contributed by atoms with E-state index in [1.165, 1.54) is 24.1 Å². The number of nitrogens with zero attached hydrogens (tertiary/aromatic N) is 1. The first kappa shape index (κ1) is 21.2. The van der Waals surface area contributed by atoms with Gasteiger partial charge in [-0.1, -0.05) is 25.7 Å². The largest absolute Gasteiger partial charge is 0.353 e. The SMILES string of the molecule is CC(=O)Nc1ccc(N(CCC(=O)NC2CCCCCC2)S(C)(=O)=O)cc1. The number of anilines is 2. The van der Waals surface area contributed by atoms with Gasteiger partial charge in [0, 0.05) is 31.6 Å². The van der Waals surface area contributed by atoms with Crippen LogP contribution in [0.15, 0.2) is 24.3 Å². The first-order valence-electron chi connectivity index (χ1n) is 9.40. The summed E-state index contributed by atoms with van der Waals surface area (Å²) in [5.41, 5.74) is 1.06. The number of rotatable bonds is 7. The van der Waals surface area contributed by atoms with Gasteiger partial charge in [-0.2, -0.15) is 0 Å². The third kappa shape index (κ3) is 7.21. The van der Waals surface area contributed by atoms with Crippen molar-refractivity contribution in [2.75, 3.05) is 22.4 Å². The molecule has 150 valence electrons. The third-order valence-electron chi connectivity index (χ3n) is 4.64. The van der Waals surface area contributed by atoms with Crippen LogP contribution in [0, 0.1) is 0 Å². The van der Waals surface area contributed by atoms with Crippen molar-refractivity contribution in [3.8, 4) is 0 Å². The Balaban J connectivity index is 1.98. The molecule has 8 heteroatoms. The van der Waals surface area contributed by atoms with Crippen LogP contribution in [0.2, 0.25) is 0 Å². The Hall–Kier alpha value is -2.09. The van der Waals surface area contributed by atoms with E-state index in [2.05, 4.69) is 10.6 Å². The summed E-state index contributed by atoms with van der Waals surface area (Å²) < 4.78 is 25.6. The van der Waals surface area contributed by atoms with E-state index in [1.807, 2.05) is 0 Å². The molecule has 0 atom stereocenters. The predicted molar refractivity (Wildman–Crippen MR) is 107 cm³/mol. The van der Waals surface area contributed by atoms with Crippen molar-refractivity contribution >= 4 is 33.2 Å². The molecular formula is C19H29N3O4S. The number of sulfonamides is 1. The van der Waals surface area contributed by atoms with E-state index >= 15 is 0 Å². The van der Waals surface area contributed by atoms with Crippen LogP contribution in [-0.4, -0.2) is 39.1 Å². The molecular weight excluding hydrogens is 366 g/mol. The van der Waals surface area contributed by atoms with Crippen molar-refractivity contribution in [3.63, 3.8) is 0 Å². The van der Waals surface area contributed by atoms with Gasteiger partial charge in [0.1, 0.15) is 0 Å². The molecule has 0 radical (unpaired) electrons. The van der Waals surface area contributed by atoms with Crippen LogP contribution in [0.3, 0.4) is 0 Å². The second-order valence-electron chi connectivity index (χ2n) is 7.07. The molecule has 1 saturated carbocycles. The smallest absolute Gasteiger partial charge is 0.232 e. The van der Waals surface area contributed by atoms with Gasteiger partial charge >= 0.3 is 0 Å². The highest BCUT2D eigenvalue weighted by Crippen LogP contribution is 2.21. The second-order valence-corrected chi connectivity index (χ2v) is 8.98. The van der Waals surface area contributed by atoms with Gasteiger partial charge in [-0.3, -0.25) is 13.9 Å². The summed E-state index contributed by atoms with van der Waals surface area (Å²) in [4.78, 5) is 23.4. The van der Waals surface area contributed by atoms with Crippen LogP contribution in [0.4, 0.5) is 11.4 Å². The van der Waals surface area contributed by atoms with Crippen molar-refractivity contribution in [3.05, 3.63) is 24.3 Å². The molecule has 7 nitrogen and oxygen atoms in total. The maximum absolute atomic E-state index is 12.3. The van der Waals surface area contributed by atoms with Gasteiger partial charge in [0.05, 0.1) is 11.9 Å². The average Bonchev–Trinajstić information content (AvgIpc) is 2.83. The van der Waals surface area contributed by atoms with Gasteiger partial charge in [-0.15, -0.1) is 0 Å². The summed E-state index contributed by atoms with van der Waals surface area (Å²) in [6, 6.07) is 6.72. The topological polar surface area (TPSA) is 95.6 Å². The van der Waals surface area contributed by atoms with Crippen LogP contribution in [0.25, 0.3) is 0 Å². The standard InChI is InChI=1S/C19H29N3O4S/c1-15(23)20-17-9-11-18(12-10-17)22(27(2,25)26)14-13-19(24)21-16-7-5-3-4-6-8-16/h9-12,16H,3-8,13-14H2,1-2H3,(H,20,23)(H,21,24). The first-order chi connectivity index (χ1) is 12.8. The average molecular weight is 396 g/mol. The minimum absolute atomic E-state index is 0.0802. The normalized spacial score (nSPS) is 15.6. The van der Waals surface area contributed by atoms with Crippen molar-refractivity contribution in [2.45, 2.75) is 57.9 Å². The molecule has 0 aliphatic heterocycles. The predicted octanol–water partition coefficient (Wildman–Crippen LogP) is 2.64. The summed E-state index contributed by atoms with van der Waals surface area (Å²) in [5.74, 6) is -0.316. The molecule has 27 heavy (non-hydrogen) atoms. The van der Waals surface area contributed by atoms with Crippen LogP contribution in [0.5, 0.6) is 0 Å². The second kappa shape index (κ2) is 9.73.